The van der Waals surface area contributed by atoms with Gasteiger partial charge in [-0.05, 0) is 25.0 Å². The van der Waals surface area contributed by atoms with Crippen molar-refractivity contribution < 1.29 is 9.90 Å². The second-order valence-corrected chi connectivity index (χ2v) is 5.68. The van der Waals surface area contributed by atoms with Crippen molar-refractivity contribution in [3.63, 3.8) is 0 Å². The number of pyridine rings is 1. The molecule has 21 heavy (non-hydrogen) atoms. The quantitative estimate of drug-likeness (QED) is 0.801. The number of aromatic amines is 1. The van der Waals surface area contributed by atoms with Crippen LogP contribution < -0.4 is 10.7 Å². The lowest BCUT2D eigenvalue weighted by Gasteiger charge is -2.27. The van der Waals surface area contributed by atoms with Gasteiger partial charge < -0.3 is 15.4 Å². The molecule has 0 bridgehead atoms. The van der Waals surface area contributed by atoms with Crippen molar-refractivity contribution in [2.45, 2.75) is 31.2 Å². The van der Waals surface area contributed by atoms with Gasteiger partial charge >= 0.3 is 0 Å². The minimum Gasteiger partial charge on any atom is -0.394 e. The molecule has 0 radical (unpaired) electrons. The van der Waals surface area contributed by atoms with E-state index in [1.54, 1.807) is 18.2 Å². The average Bonchev–Trinajstić information content (AvgIpc) is 2.97. The predicted octanol–water partition coefficient (Wildman–Crippen LogP) is 1.56. The second kappa shape index (κ2) is 5.33. The number of carbonyl (C=O) groups is 1. The Morgan fingerprint density at radius 3 is 2.71 bits per heavy atom. The molecule has 1 aromatic carbocycles. The number of carbonyl (C=O) groups excluding carboxylic acids is 1. The van der Waals surface area contributed by atoms with Crippen molar-refractivity contribution >= 4 is 16.8 Å². The molecule has 3 rings (SSSR count). The molecule has 1 fully saturated rings. The third-order valence-corrected chi connectivity index (χ3v) is 4.27. The van der Waals surface area contributed by atoms with E-state index < -0.39 is 11.4 Å². The summed E-state index contributed by atoms with van der Waals surface area (Å²) in [6, 6.07) is 7.09. The fraction of sp³-hybridized carbons (Fsp3) is 0.375. The number of benzene rings is 1. The first kappa shape index (κ1) is 13.8. The van der Waals surface area contributed by atoms with Crippen molar-refractivity contribution in [2.24, 2.45) is 0 Å². The Hall–Kier alpha value is -2.14. The summed E-state index contributed by atoms with van der Waals surface area (Å²) in [5.74, 6) is -0.419. The monoisotopic (exact) mass is 286 g/mol. The molecule has 0 saturated heterocycles. The SMILES string of the molecule is O=C(NC1(CO)CCCC1)c1c[nH]c2ccccc2c1=O. The van der Waals surface area contributed by atoms with Gasteiger partial charge in [0.1, 0.15) is 5.56 Å². The molecule has 5 nitrogen and oxygen atoms in total. The van der Waals surface area contributed by atoms with E-state index in [0.29, 0.717) is 10.9 Å². The largest absolute Gasteiger partial charge is 0.394 e. The van der Waals surface area contributed by atoms with Crippen molar-refractivity contribution in [3.05, 3.63) is 46.2 Å². The molecule has 1 aliphatic rings. The van der Waals surface area contributed by atoms with E-state index in [1.165, 1.54) is 6.20 Å². The summed E-state index contributed by atoms with van der Waals surface area (Å²) >= 11 is 0. The van der Waals surface area contributed by atoms with Gasteiger partial charge in [-0.15, -0.1) is 0 Å². The number of nitrogens with one attached hydrogen (secondary N) is 2. The molecule has 1 amide bonds. The zero-order chi connectivity index (χ0) is 14.9. The van der Waals surface area contributed by atoms with E-state index in [2.05, 4.69) is 10.3 Å². The molecule has 1 aliphatic carbocycles. The van der Waals surface area contributed by atoms with E-state index in [1.807, 2.05) is 6.07 Å². The van der Waals surface area contributed by atoms with E-state index in [-0.39, 0.29) is 17.6 Å². The Labute approximate surface area is 122 Å². The average molecular weight is 286 g/mol. The van der Waals surface area contributed by atoms with E-state index >= 15 is 0 Å². The number of fused-ring (bicyclic) bond motifs is 1. The van der Waals surface area contributed by atoms with Crippen molar-refractivity contribution in [1.29, 1.82) is 0 Å². The molecule has 110 valence electrons. The van der Waals surface area contributed by atoms with Crippen LogP contribution >= 0.6 is 0 Å². The minimum absolute atomic E-state index is 0.0911. The van der Waals surface area contributed by atoms with Gasteiger partial charge in [-0.2, -0.15) is 0 Å². The van der Waals surface area contributed by atoms with Gasteiger partial charge in [0.05, 0.1) is 12.1 Å². The van der Waals surface area contributed by atoms with Crippen LogP contribution in [0, 0.1) is 0 Å². The molecule has 0 spiro atoms. The maximum atomic E-state index is 12.4. The van der Waals surface area contributed by atoms with Crippen LogP contribution in [0.15, 0.2) is 35.3 Å². The summed E-state index contributed by atoms with van der Waals surface area (Å²) in [5, 5.41) is 12.9. The van der Waals surface area contributed by atoms with Gasteiger partial charge in [0, 0.05) is 17.1 Å². The number of rotatable bonds is 3. The maximum Gasteiger partial charge on any atom is 0.257 e. The van der Waals surface area contributed by atoms with Gasteiger partial charge in [0.2, 0.25) is 5.43 Å². The number of para-hydroxylation sites is 1. The molecule has 0 unspecified atom stereocenters. The lowest BCUT2D eigenvalue weighted by molar-refractivity contribution is 0.0837. The molecule has 0 aliphatic heterocycles. The Morgan fingerprint density at radius 2 is 2.00 bits per heavy atom. The van der Waals surface area contributed by atoms with Crippen LogP contribution in [0.25, 0.3) is 10.9 Å². The molecule has 0 atom stereocenters. The number of hydrogen-bond donors (Lipinski definition) is 3. The highest BCUT2D eigenvalue weighted by molar-refractivity contribution is 5.97. The number of amides is 1. The fourth-order valence-electron chi connectivity index (χ4n) is 3.02. The van der Waals surface area contributed by atoms with Gasteiger partial charge in [0.25, 0.3) is 5.91 Å². The van der Waals surface area contributed by atoms with Gasteiger partial charge in [-0.25, -0.2) is 0 Å². The Bertz CT molecular complexity index is 730. The second-order valence-electron chi connectivity index (χ2n) is 5.68. The van der Waals surface area contributed by atoms with Gasteiger partial charge in [-0.1, -0.05) is 25.0 Å². The Kier molecular flexibility index (Phi) is 3.51. The van der Waals surface area contributed by atoms with Crippen LogP contribution in [-0.2, 0) is 0 Å². The number of hydrogen-bond acceptors (Lipinski definition) is 3. The van der Waals surface area contributed by atoms with Crippen molar-refractivity contribution in [2.75, 3.05) is 6.61 Å². The van der Waals surface area contributed by atoms with Crippen LogP contribution in [-0.4, -0.2) is 28.1 Å². The summed E-state index contributed by atoms with van der Waals surface area (Å²) in [5.41, 5.74) is -0.0621. The standard InChI is InChI=1S/C16H18N2O3/c19-10-16(7-3-4-8-16)18-15(21)12-9-17-13-6-2-1-5-11(13)14(12)20/h1-2,5-6,9,19H,3-4,7-8,10H2,(H,17,20)(H,18,21). The van der Waals surface area contributed by atoms with Crippen molar-refractivity contribution in [3.8, 4) is 0 Å². The summed E-state index contributed by atoms with van der Waals surface area (Å²) in [7, 11) is 0. The minimum atomic E-state index is -0.574. The third-order valence-electron chi connectivity index (χ3n) is 4.27. The molecular formula is C16H18N2O3. The van der Waals surface area contributed by atoms with Crippen LogP contribution in [0.3, 0.4) is 0 Å². The molecule has 3 N–H and O–H groups in total. The third kappa shape index (κ3) is 2.45. The van der Waals surface area contributed by atoms with Crippen LogP contribution in [0.4, 0.5) is 0 Å². The van der Waals surface area contributed by atoms with Crippen LogP contribution in [0.5, 0.6) is 0 Å². The summed E-state index contributed by atoms with van der Waals surface area (Å²) in [6.45, 7) is -0.0930. The Balaban J connectivity index is 1.95. The normalized spacial score (nSPS) is 17.0. The topological polar surface area (TPSA) is 82.2 Å². The molecule has 1 saturated carbocycles. The molecule has 1 aromatic heterocycles. The summed E-state index contributed by atoms with van der Waals surface area (Å²) in [4.78, 5) is 27.8. The zero-order valence-corrected chi connectivity index (χ0v) is 11.7. The first-order chi connectivity index (χ1) is 10.2. The molecule has 5 heteroatoms. The first-order valence-electron chi connectivity index (χ1n) is 7.19. The Morgan fingerprint density at radius 1 is 1.29 bits per heavy atom. The fourth-order valence-corrected chi connectivity index (χ4v) is 3.02. The highest BCUT2D eigenvalue weighted by atomic mass is 16.3. The highest BCUT2D eigenvalue weighted by Gasteiger charge is 2.35. The smallest absolute Gasteiger partial charge is 0.257 e. The number of aliphatic hydroxyl groups is 1. The number of H-pyrrole nitrogens is 1. The molecule has 1 heterocycles. The summed E-state index contributed by atoms with van der Waals surface area (Å²) < 4.78 is 0. The maximum absolute atomic E-state index is 12.4. The zero-order valence-electron chi connectivity index (χ0n) is 11.7. The van der Waals surface area contributed by atoms with Gasteiger partial charge in [-0.3, -0.25) is 9.59 Å². The van der Waals surface area contributed by atoms with Crippen molar-refractivity contribution in [1.82, 2.24) is 10.3 Å². The highest BCUT2D eigenvalue weighted by Crippen LogP contribution is 2.29. The van der Waals surface area contributed by atoms with E-state index in [9.17, 15) is 14.7 Å². The first-order valence-corrected chi connectivity index (χ1v) is 7.19. The van der Waals surface area contributed by atoms with Crippen LogP contribution in [0.1, 0.15) is 36.0 Å². The predicted molar refractivity (Wildman–Crippen MR) is 80.3 cm³/mol. The van der Waals surface area contributed by atoms with E-state index in [0.717, 1.165) is 25.7 Å². The molecule has 2 aromatic rings. The molecular weight excluding hydrogens is 268 g/mol. The lowest BCUT2D eigenvalue weighted by atomic mass is 9.98. The number of aliphatic hydroxyl groups excluding tert-OH is 1. The van der Waals surface area contributed by atoms with Crippen LogP contribution in [0.2, 0.25) is 0 Å². The number of aromatic nitrogens is 1. The van der Waals surface area contributed by atoms with E-state index in [4.69, 9.17) is 0 Å². The van der Waals surface area contributed by atoms with Gasteiger partial charge in [0.15, 0.2) is 0 Å². The lowest BCUT2D eigenvalue weighted by Crippen LogP contribution is -2.50. The summed E-state index contributed by atoms with van der Waals surface area (Å²) in [6.07, 6.45) is 4.91.